The molecule has 0 saturated heterocycles. The van der Waals surface area contributed by atoms with Crippen LogP contribution >= 0.6 is 23.4 Å². The number of ether oxygens (including phenoxy) is 2. The van der Waals surface area contributed by atoms with Crippen LogP contribution in [-0.4, -0.2) is 30.6 Å². The molecule has 0 spiro atoms. The van der Waals surface area contributed by atoms with Crippen LogP contribution < -0.4 is 0 Å². The molecular weight excluding hydrogens is 370 g/mol. The molecule has 130 valence electrons. The maximum absolute atomic E-state index is 11.9. The van der Waals surface area contributed by atoms with Gasteiger partial charge < -0.3 is 9.47 Å². The first-order valence-corrected chi connectivity index (χ1v) is 8.06. The zero-order valence-corrected chi connectivity index (χ0v) is 14.5. The lowest BCUT2D eigenvalue weighted by Crippen LogP contribution is -2.15. The van der Waals surface area contributed by atoms with Crippen LogP contribution in [0.3, 0.4) is 0 Å². The molecule has 0 unspecified atom stereocenters. The molecule has 0 aliphatic rings. The first kappa shape index (κ1) is 18.8. The number of rotatable bonds is 6. The molecule has 0 fully saturated rings. The lowest BCUT2D eigenvalue weighted by molar-refractivity contribution is -0.387. The first-order valence-electron chi connectivity index (χ1n) is 6.86. The molecule has 0 heterocycles. The molecule has 2 aromatic rings. The van der Waals surface area contributed by atoms with E-state index in [4.69, 9.17) is 16.3 Å². The number of hydrogen-bond acceptors (Lipinski definition) is 7. The fraction of sp³-hybridized carbons (Fsp3) is 0.125. The van der Waals surface area contributed by atoms with E-state index in [-0.39, 0.29) is 11.3 Å². The Morgan fingerprint density at radius 2 is 1.88 bits per heavy atom. The van der Waals surface area contributed by atoms with Gasteiger partial charge in [0.25, 0.3) is 5.69 Å². The van der Waals surface area contributed by atoms with E-state index < -0.39 is 23.5 Å². The SMILES string of the molecule is COC(=O)COC(=O)c1ccc(Sc2ccc(Cl)cc2)c([N+](=O)[O-])c1. The van der Waals surface area contributed by atoms with Crippen LogP contribution in [-0.2, 0) is 14.3 Å². The summed E-state index contributed by atoms with van der Waals surface area (Å²) in [6.07, 6.45) is 0. The van der Waals surface area contributed by atoms with Gasteiger partial charge in [-0.1, -0.05) is 23.4 Å². The Kier molecular flexibility index (Phi) is 6.37. The predicted octanol–water partition coefficient (Wildman–Crippen LogP) is 3.73. The molecule has 0 amide bonds. The van der Waals surface area contributed by atoms with Crippen molar-refractivity contribution in [3.05, 3.63) is 63.2 Å². The van der Waals surface area contributed by atoms with Crippen molar-refractivity contribution in [2.24, 2.45) is 0 Å². The predicted molar refractivity (Wildman–Crippen MR) is 91.0 cm³/mol. The van der Waals surface area contributed by atoms with Crippen LogP contribution in [0.2, 0.25) is 5.02 Å². The van der Waals surface area contributed by atoms with Crippen LogP contribution in [0.25, 0.3) is 0 Å². The van der Waals surface area contributed by atoms with Gasteiger partial charge >= 0.3 is 11.9 Å². The summed E-state index contributed by atoms with van der Waals surface area (Å²) in [5.74, 6) is -1.57. The number of nitro groups is 1. The van der Waals surface area contributed by atoms with E-state index in [9.17, 15) is 19.7 Å². The Morgan fingerprint density at radius 1 is 1.20 bits per heavy atom. The third-order valence-corrected chi connectivity index (χ3v) is 4.31. The second-order valence-corrected chi connectivity index (χ2v) is 6.20. The minimum Gasteiger partial charge on any atom is -0.466 e. The number of methoxy groups -OCH3 is 1. The summed E-state index contributed by atoms with van der Waals surface area (Å²) in [6, 6.07) is 10.8. The third kappa shape index (κ3) is 5.20. The van der Waals surface area contributed by atoms with Gasteiger partial charge in [0.05, 0.1) is 22.5 Å². The summed E-state index contributed by atoms with van der Waals surface area (Å²) < 4.78 is 9.08. The molecule has 0 aliphatic carbocycles. The number of nitrogens with zero attached hydrogens (tertiary/aromatic N) is 1. The molecular formula is C16H12ClNO6S. The van der Waals surface area contributed by atoms with E-state index in [2.05, 4.69) is 4.74 Å². The molecule has 0 aromatic heterocycles. The third-order valence-electron chi connectivity index (χ3n) is 2.98. The average molecular weight is 382 g/mol. The van der Waals surface area contributed by atoms with Crippen LogP contribution in [0.15, 0.2) is 52.3 Å². The highest BCUT2D eigenvalue weighted by Crippen LogP contribution is 2.35. The number of halogens is 1. The van der Waals surface area contributed by atoms with Crippen molar-refractivity contribution >= 4 is 41.0 Å². The molecule has 25 heavy (non-hydrogen) atoms. The van der Waals surface area contributed by atoms with Crippen molar-refractivity contribution in [1.29, 1.82) is 0 Å². The maximum Gasteiger partial charge on any atom is 0.344 e. The number of hydrogen-bond donors (Lipinski definition) is 0. The summed E-state index contributed by atoms with van der Waals surface area (Å²) in [4.78, 5) is 34.7. The normalized spacial score (nSPS) is 10.2. The standard InChI is InChI=1S/C16H12ClNO6S/c1-23-15(19)9-24-16(20)10-2-7-14(13(8-10)18(21)22)25-12-5-3-11(17)4-6-12/h2-8H,9H2,1H3. The zero-order valence-electron chi connectivity index (χ0n) is 12.9. The Hall–Kier alpha value is -2.58. The Labute approximate surface area is 152 Å². The largest absolute Gasteiger partial charge is 0.466 e. The Bertz CT molecular complexity index is 809. The van der Waals surface area contributed by atoms with Gasteiger partial charge in [-0.05, 0) is 36.4 Å². The zero-order chi connectivity index (χ0) is 18.4. The molecule has 0 radical (unpaired) electrons. The van der Waals surface area contributed by atoms with E-state index in [1.165, 1.54) is 23.9 Å². The molecule has 2 rings (SSSR count). The summed E-state index contributed by atoms with van der Waals surface area (Å²) in [7, 11) is 1.16. The summed E-state index contributed by atoms with van der Waals surface area (Å²) >= 11 is 6.98. The smallest absolute Gasteiger partial charge is 0.344 e. The molecule has 0 atom stereocenters. The van der Waals surface area contributed by atoms with Gasteiger partial charge in [-0.3, -0.25) is 10.1 Å². The Balaban J connectivity index is 2.22. The van der Waals surface area contributed by atoms with Gasteiger partial charge in [0.1, 0.15) is 0 Å². The minimum atomic E-state index is -0.850. The van der Waals surface area contributed by atoms with Gasteiger partial charge in [0.15, 0.2) is 6.61 Å². The van der Waals surface area contributed by atoms with Crippen molar-refractivity contribution in [3.8, 4) is 0 Å². The number of esters is 2. The van der Waals surface area contributed by atoms with Gasteiger partial charge in [-0.25, -0.2) is 9.59 Å². The fourth-order valence-corrected chi connectivity index (χ4v) is 2.80. The fourth-order valence-electron chi connectivity index (χ4n) is 1.77. The molecule has 0 bridgehead atoms. The Morgan fingerprint density at radius 3 is 2.48 bits per heavy atom. The van der Waals surface area contributed by atoms with E-state index in [0.717, 1.165) is 18.1 Å². The lowest BCUT2D eigenvalue weighted by atomic mass is 10.2. The quantitative estimate of drug-likeness (QED) is 0.427. The molecule has 9 heteroatoms. The summed E-state index contributed by atoms with van der Waals surface area (Å²) in [6.45, 7) is -0.565. The van der Waals surface area contributed by atoms with Crippen molar-refractivity contribution in [2.75, 3.05) is 13.7 Å². The molecule has 2 aromatic carbocycles. The van der Waals surface area contributed by atoms with Crippen LogP contribution in [0, 0.1) is 10.1 Å². The highest BCUT2D eigenvalue weighted by molar-refractivity contribution is 7.99. The molecule has 0 aliphatic heterocycles. The van der Waals surface area contributed by atoms with Crippen molar-refractivity contribution in [2.45, 2.75) is 9.79 Å². The maximum atomic E-state index is 11.9. The van der Waals surface area contributed by atoms with Crippen molar-refractivity contribution in [1.82, 2.24) is 0 Å². The van der Waals surface area contributed by atoms with Gasteiger partial charge in [-0.2, -0.15) is 0 Å². The number of benzene rings is 2. The molecule has 0 saturated carbocycles. The number of nitro benzene ring substituents is 1. The molecule has 7 nitrogen and oxygen atoms in total. The summed E-state index contributed by atoms with van der Waals surface area (Å²) in [5, 5.41) is 11.9. The monoisotopic (exact) mass is 381 g/mol. The number of carbonyl (C=O) groups is 2. The molecule has 0 N–H and O–H groups in total. The average Bonchev–Trinajstić information content (AvgIpc) is 2.61. The van der Waals surface area contributed by atoms with Crippen molar-refractivity contribution < 1.29 is 24.0 Å². The van der Waals surface area contributed by atoms with Gasteiger partial charge in [0, 0.05) is 16.0 Å². The van der Waals surface area contributed by atoms with E-state index >= 15 is 0 Å². The lowest BCUT2D eigenvalue weighted by Gasteiger charge is -2.06. The highest BCUT2D eigenvalue weighted by atomic mass is 35.5. The second-order valence-electron chi connectivity index (χ2n) is 4.65. The number of carbonyl (C=O) groups excluding carboxylic acids is 2. The van der Waals surface area contributed by atoms with E-state index in [0.29, 0.717) is 9.92 Å². The highest BCUT2D eigenvalue weighted by Gasteiger charge is 2.20. The van der Waals surface area contributed by atoms with Crippen LogP contribution in [0.1, 0.15) is 10.4 Å². The summed E-state index contributed by atoms with van der Waals surface area (Å²) in [5.41, 5.74) is -0.275. The van der Waals surface area contributed by atoms with Crippen LogP contribution in [0.4, 0.5) is 5.69 Å². The second kappa shape index (κ2) is 8.50. The van der Waals surface area contributed by atoms with Crippen LogP contribution in [0.5, 0.6) is 0 Å². The van der Waals surface area contributed by atoms with E-state index in [1.54, 1.807) is 24.3 Å². The van der Waals surface area contributed by atoms with Gasteiger partial charge in [-0.15, -0.1) is 0 Å². The van der Waals surface area contributed by atoms with Gasteiger partial charge in [0.2, 0.25) is 0 Å². The van der Waals surface area contributed by atoms with Crippen molar-refractivity contribution in [3.63, 3.8) is 0 Å². The topological polar surface area (TPSA) is 95.7 Å². The first-order chi connectivity index (χ1) is 11.9. The minimum absolute atomic E-state index is 0.0314. The van der Waals surface area contributed by atoms with E-state index in [1.807, 2.05) is 0 Å².